The van der Waals surface area contributed by atoms with Crippen LogP contribution in [-0.2, 0) is 4.79 Å². The Bertz CT molecular complexity index is 150. The van der Waals surface area contributed by atoms with Crippen LogP contribution in [0.15, 0.2) is 0 Å². The molecule has 0 amide bonds. The van der Waals surface area contributed by atoms with Crippen LogP contribution < -0.4 is 0 Å². The number of halogens is 3. The van der Waals surface area contributed by atoms with Gasteiger partial charge in [-0.05, 0) is 12.8 Å². The van der Waals surface area contributed by atoms with E-state index in [2.05, 4.69) is 74.7 Å². The van der Waals surface area contributed by atoms with Crippen molar-refractivity contribution in [2.24, 2.45) is 5.92 Å². The van der Waals surface area contributed by atoms with Crippen molar-refractivity contribution < 1.29 is 4.79 Å². The fourth-order valence-electron chi connectivity index (χ4n) is 1.29. The molecule has 0 radical (unpaired) electrons. The predicted octanol–water partition coefficient (Wildman–Crippen LogP) is 4.77. The van der Waals surface area contributed by atoms with E-state index in [9.17, 15) is 4.79 Å². The molecule has 0 bridgehead atoms. The van der Waals surface area contributed by atoms with Crippen LogP contribution in [-0.4, -0.2) is 12.1 Å². The summed E-state index contributed by atoms with van der Waals surface area (Å²) in [5.74, 6) is 0.287. The van der Waals surface area contributed by atoms with E-state index in [1.807, 2.05) is 0 Å². The molecule has 0 aromatic carbocycles. The van der Waals surface area contributed by atoms with Crippen LogP contribution in [0, 0.1) is 5.92 Å². The first-order valence-electron chi connectivity index (χ1n) is 4.99. The van der Waals surface area contributed by atoms with Gasteiger partial charge in [0.1, 0.15) is 6.29 Å². The van der Waals surface area contributed by atoms with Crippen molar-refractivity contribution in [3.8, 4) is 0 Å². The molecule has 84 valence electrons. The zero-order valence-corrected chi connectivity index (χ0v) is 14.9. The van der Waals surface area contributed by atoms with Gasteiger partial charge in [-0.2, -0.15) is 0 Å². The maximum atomic E-state index is 10.8. The molecule has 0 fully saturated rings. The summed E-state index contributed by atoms with van der Waals surface area (Å²) in [6.07, 6.45) is 6.98. The highest BCUT2D eigenvalue weighted by Gasteiger charge is 2.17. The number of carbonyl (C=O) groups is 1. The largest absolute Gasteiger partial charge is 0.303 e. The molecule has 0 N–H and O–H groups in total. The molecule has 0 aliphatic rings. The summed E-state index contributed by atoms with van der Waals surface area (Å²) in [4.78, 5) is 10.8. The lowest BCUT2D eigenvalue weighted by atomic mass is 9.98. The molecule has 0 rings (SSSR count). The van der Waals surface area contributed by atoms with Gasteiger partial charge in [0.25, 0.3) is 0 Å². The molecule has 2 atom stereocenters. The Hall–Kier alpha value is 1.86. The summed E-state index contributed by atoms with van der Waals surface area (Å²) in [5.41, 5.74) is 0. The van der Waals surface area contributed by atoms with E-state index in [0.29, 0.717) is 5.86 Å². The summed E-state index contributed by atoms with van der Waals surface area (Å²) in [7, 11) is 0. The summed E-state index contributed by atoms with van der Waals surface area (Å²) in [6.45, 7) is 2.20. The summed E-state index contributed by atoms with van der Waals surface area (Å²) in [6, 6.07) is 0. The first kappa shape index (κ1) is 15.9. The first-order chi connectivity index (χ1) is 6.61. The lowest BCUT2D eigenvalue weighted by Gasteiger charge is -2.15. The predicted molar refractivity (Wildman–Crippen MR) is 87.9 cm³/mol. The Morgan fingerprint density at radius 2 is 1.86 bits per heavy atom. The number of carbonyl (C=O) groups excluding carboxylic acids is 1. The average Bonchev–Trinajstić information content (AvgIpc) is 2.16. The number of hydrogen-bond acceptors (Lipinski definition) is 1. The lowest BCUT2D eigenvalue weighted by Crippen LogP contribution is -2.14. The van der Waals surface area contributed by atoms with E-state index in [1.165, 1.54) is 19.3 Å². The van der Waals surface area contributed by atoms with Crippen molar-refractivity contribution >= 4 is 74.1 Å². The molecule has 0 spiro atoms. The summed E-state index contributed by atoms with van der Waals surface area (Å²) < 4.78 is 1.24. The van der Waals surface area contributed by atoms with Crippen molar-refractivity contribution in [1.29, 1.82) is 0 Å². The second kappa shape index (κ2) is 10.0. The number of hydrogen-bond donors (Lipinski definition) is 0. The van der Waals surface area contributed by atoms with Crippen molar-refractivity contribution in [3.05, 3.63) is 0 Å². The number of alkyl halides is 3. The second-order valence-electron chi connectivity index (χ2n) is 3.48. The van der Waals surface area contributed by atoms with Gasteiger partial charge in [-0.15, -0.1) is 0 Å². The van der Waals surface area contributed by atoms with Gasteiger partial charge in [-0.25, -0.2) is 0 Å². The van der Waals surface area contributed by atoms with Gasteiger partial charge in [-0.3, -0.25) is 0 Å². The van der Waals surface area contributed by atoms with Gasteiger partial charge in [-0.1, -0.05) is 94.0 Å². The molecule has 0 saturated carbocycles. The number of unbranched alkanes of at least 4 members (excludes halogenated alkanes) is 2. The third-order valence-electron chi connectivity index (χ3n) is 2.17. The SMILES string of the molecule is CCCCCC(C=O)CC(I)C(I)I. The highest BCUT2D eigenvalue weighted by molar-refractivity contribution is 14.2. The Balaban J connectivity index is 3.72. The molecule has 0 heterocycles. The van der Waals surface area contributed by atoms with E-state index in [-0.39, 0.29) is 5.92 Å². The normalized spacial score (nSPS) is 15.5. The van der Waals surface area contributed by atoms with Gasteiger partial charge >= 0.3 is 0 Å². The molecular formula is C10H17I3O. The minimum atomic E-state index is 0.287. The zero-order chi connectivity index (χ0) is 11.0. The van der Waals surface area contributed by atoms with Crippen LogP contribution in [0.25, 0.3) is 0 Å². The Morgan fingerprint density at radius 1 is 1.21 bits per heavy atom. The van der Waals surface area contributed by atoms with E-state index in [1.54, 1.807) is 0 Å². The second-order valence-corrected chi connectivity index (χ2v) is 10.1. The minimum Gasteiger partial charge on any atom is -0.303 e. The minimum absolute atomic E-state index is 0.287. The lowest BCUT2D eigenvalue weighted by molar-refractivity contribution is -0.111. The van der Waals surface area contributed by atoms with Gasteiger partial charge in [0.15, 0.2) is 0 Å². The molecule has 1 nitrogen and oxygen atoms in total. The Morgan fingerprint density at radius 3 is 2.29 bits per heavy atom. The van der Waals surface area contributed by atoms with Crippen molar-refractivity contribution in [2.75, 3.05) is 0 Å². The molecular weight excluding hydrogens is 517 g/mol. The monoisotopic (exact) mass is 534 g/mol. The van der Waals surface area contributed by atoms with E-state index in [4.69, 9.17) is 0 Å². The highest BCUT2D eigenvalue weighted by Crippen LogP contribution is 2.28. The standard InChI is InChI=1S/C10H17I3O/c1-2-3-4-5-8(7-14)6-9(11)10(12)13/h7-10H,2-6H2,1H3. The maximum Gasteiger partial charge on any atom is 0.123 e. The number of aldehydes is 1. The van der Waals surface area contributed by atoms with Crippen molar-refractivity contribution in [2.45, 2.75) is 44.9 Å². The van der Waals surface area contributed by atoms with Gasteiger partial charge in [0.2, 0.25) is 0 Å². The van der Waals surface area contributed by atoms with Gasteiger partial charge in [0, 0.05) is 9.84 Å². The van der Waals surface area contributed by atoms with Crippen LogP contribution in [0.1, 0.15) is 39.0 Å². The van der Waals surface area contributed by atoms with Crippen molar-refractivity contribution in [3.63, 3.8) is 0 Å². The molecule has 0 aromatic rings. The maximum absolute atomic E-state index is 10.8. The fourth-order valence-corrected chi connectivity index (χ4v) is 2.53. The highest BCUT2D eigenvalue weighted by atomic mass is 127. The summed E-state index contributed by atoms with van der Waals surface area (Å²) >= 11 is 7.31. The van der Waals surface area contributed by atoms with Gasteiger partial charge in [0.05, 0.1) is 1.93 Å². The molecule has 4 heteroatoms. The molecule has 2 unspecified atom stereocenters. The number of rotatable bonds is 8. The molecule has 0 aromatic heterocycles. The molecule has 0 saturated heterocycles. The smallest absolute Gasteiger partial charge is 0.123 e. The van der Waals surface area contributed by atoms with Crippen LogP contribution in [0.3, 0.4) is 0 Å². The Labute approximate surface area is 128 Å². The molecule has 0 aliphatic heterocycles. The Kier molecular flexibility index (Phi) is 11.4. The molecule has 14 heavy (non-hydrogen) atoms. The van der Waals surface area contributed by atoms with E-state index in [0.717, 1.165) is 19.1 Å². The van der Waals surface area contributed by atoms with Crippen LogP contribution >= 0.6 is 67.8 Å². The van der Waals surface area contributed by atoms with Crippen LogP contribution in [0.2, 0.25) is 0 Å². The van der Waals surface area contributed by atoms with Gasteiger partial charge < -0.3 is 4.79 Å². The topological polar surface area (TPSA) is 17.1 Å². The third-order valence-corrected chi connectivity index (χ3v) is 7.89. The fraction of sp³-hybridized carbons (Fsp3) is 0.900. The average molecular weight is 534 g/mol. The zero-order valence-electron chi connectivity index (χ0n) is 8.39. The molecule has 0 aliphatic carbocycles. The quantitative estimate of drug-likeness (QED) is 0.190. The van der Waals surface area contributed by atoms with E-state index >= 15 is 0 Å². The van der Waals surface area contributed by atoms with E-state index < -0.39 is 0 Å². The van der Waals surface area contributed by atoms with Crippen LogP contribution in [0.5, 0.6) is 0 Å². The van der Waals surface area contributed by atoms with Crippen LogP contribution in [0.4, 0.5) is 0 Å². The third kappa shape index (κ3) is 8.06. The first-order valence-corrected chi connectivity index (χ1v) is 8.73. The van der Waals surface area contributed by atoms with Crippen molar-refractivity contribution in [1.82, 2.24) is 0 Å². The summed E-state index contributed by atoms with van der Waals surface area (Å²) in [5, 5.41) is 0.